The van der Waals surface area contributed by atoms with Gasteiger partial charge in [0.05, 0.1) is 48.1 Å². The third-order valence-corrected chi connectivity index (χ3v) is 11.7. The Labute approximate surface area is 238 Å². The van der Waals surface area contributed by atoms with E-state index in [1.54, 1.807) is 17.8 Å². The number of amides is 1. The number of carbonyl (C=O) groups excluding carboxylic acids is 2. The second-order valence-electron chi connectivity index (χ2n) is 11.4. The molecule has 0 aromatic carbocycles. The standard InChI is InChI=1S/C25H42N8O4S2/c26-15-3-1-2-4-16(15)30-25-29-10-13(22(27)35)23(32-25)31-18-11-28-24(39-18)14-12-38-21-17(34)9-19(37-20(14)21)33-5-7-36-8-6-33/h9,13-16,18,20-21,23-25,28-32H,1-8,10-12,26H2,(H2,27,35)/p+1/t13?,14?,15-,16+,18?,20?,21?,23?,24?,25?/m1/s1. The molecule has 218 valence electrons. The average molecular weight is 584 g/mol. The van der Waals surface area contributed by atoms with Crippen molar-refractivity contribution in [2.24, 2.45) is 17.6 Å². The van der Waals surface area contributed by atoms with Crippen LogP contribution in [-0.2, 0) is 19.1 Å². The lowest BCUT2D eigenvalue weighted by Crippen LogP contribution is -2.76. The summed E-state index contributed by atoms with van der Waals surface area (Å²) in [6.07, 6.45) is 5.89. The number of carbonyl (C=O) groups is 2. The number of hydrogen-bond acceptors (Lipinski definition) is 12. The molecular formula is C25H43N8O4S2+. The van der Waals surface area contributed by atoms with Gasteiger partial charge >= 0.3 is 0 Å². The van der Waals surface area contributed by atoms with Gasteiger partial charge in [0.2, 0.25) is 5.91 Å². The van der Waals surface area contributed by atoms with E-state index in [1.165, 1.54) is 12.8 Å². The maximum atomic E-state index is 13.0. The zero-order valence-electron chi connectivity index (χ0n) is 22.3. The van der Waals surface area contributed by atoms with Crippen LogP contribution >= 0.6 is 23.5 Å². The first-order valence-electron chi connectivity index (χ1n) is 14.4. The molecule has 10 atom stereocenters. The molecule has 14 heteroatoms. The van der Waals surface area contributed by atoms with E-state index in [0.717, 1.165) is 38.2 Å². The van der Waals surface area contributed by atoms with Crippen LogP contribution in [-0.4, -0.2) is 108 Å². The molecule has 0 bridgehead atoms. The lowest BCUT2D eigenvalue weighted by atomic mass is 9.91. The number of quaternary nitrogens is 1. The molecular weight excluding hydrogens is 540 g/mol. The quantitative estimate of drug-likeness (QED) is 0.168. The molecule has 39 heavy (non-hydrogen) atoms. The number of primary amides is 1. The normalized spacial score (nSPS) is 43.1. The fourth-order valence-corrected chi connectivity index (χ4v) is 9.58. The molecule has 6 rings (SSSR count). The van der Waals surface area contributed by atoms with Crippen molar-refractivity contribution in [1.82, 2.24) is 31.5 Å². The highest BCUT2D eigenvalue weighted by molar-refractivity contribution is 8.01. The molecule has 0 radical (unpaired) electrons. The van der Waals surface area contributed by atoms with E-state index in [1.807, 2.05) is 11.8 Å². The molecule has 1 saturated carbocycles. The summed E-state index contributed by atoms with van der Waals surface area (Å²) in [7, 11) is 0. The Bertz CT molecular complexity index is 940. The summed E-state index contributed by atoms with van der Waals surface area (Å²) < 4.78 is 12.0. The van der Waals surface area contributed by atoms with E-state index in [4.69, 9.17) is 15.2 Å². The van der Waals surface area contributed by atoms with Crippen molar-refractivity contribution in [2.75, 3.05) is 45.1 Å². The molecule has 4 saturated heterocycles. The smallest absolute Gasteiger partial charge is 0.224 e. The molecule has 1 aliphatic carbocycles. The fraction of sp³-hybridized carbons (Fsp3) is 0.840. The third-order valence-electron chi connectivity index (χ3n) is 8.83. The van der Waals surface area contributed by atoms with Crippen LogP contribution in [0.5, 0.6) is 0 Å². The number of nitrogens with two attached hydrogens (primary N) is 1. The first-order valence-corrected chi connectivity index (χ1v) is 16.3. The number of ketones is 1. The molecule has 5 aliphatic heterocycles. The van der Waals surface area contributed by atoms with Crippen LogP contribution in [0.25, 0.3) is 0 Å². The third kappa shape index (κ3) is 6.24. The number of rotatable bonds is 7. The SMILES string of the molecule is NC(=O)C1CNC(N[C@H]2CCCC[C@H]2[NH3+])NC1NC1CNC(C2CSC3C(=O)C=C(N4CCOCC4)OC32)S1. The van der Waals surface area contributed by atoms with Gasteiger partial charge in [0.15, 0.2) is 11.7 Å². The van der Waals surface area contributed by atoms with Gasteiger partial charge in [0.1, 0.15) is 17.6 Å². The van der Waals surface area contributed by atoms with Crippen LogP contribution in [0.3, 0.4) is 0 Å². The van der Waals surface area contributed by atoms with Gasteiger partial charge in [0.25, 0.3) is 0 Å². The molecule has 0 spiro atoms. The van der Waals surface area contributed by atoms with E-state index in [2.05, 4.69) is 37.2 Å². The zero-order chi connectivity index (χ0) is 26.9. The predicted octanol–water partition coefficient (Wildman–Crippen LogP) is -2.52. The Balaban J connectivity index is 1.06. The number of fused-ring (bicyclic) bond motifs is 1. The van der Waals surface area contributed by atoms with Gasteiger partial charge in [-0.1, -0.05) is 6.42 Å². The van der Waals surface area contributed by atoms with Gasteiger partial charge < -0.3 is 31.2 Å². The maximum Gasteiger partial charge on any atom is 0.224 e. The predicted molar refractivity (Wildman–Crippen MR) is 150 cm³/mol. The molecule has 8 unspecified atom stereocenters. The first kappa shape index (κ1) is 28.0. The van der Waals surface area contributed by atoms with Crippen molar-refractivity contribution in [3.05, 3.63) is 12.0 Å². The van der Waals surface area contributed by atoms with Crippen molar-refractivity contribution in [1.29, 1.82) is 0 Å². The molecule has 10 N–H and O–H groups in total. The van der Waals surface area contributed by atoms with Crippen molar-refractivity contribution in [2.45, 2.75) is 72.3 Å². The Morgan fingerprint density at radius 3 is 2.77 bits per heavy atom. The lowest BCUT2D eigenvalue weighted by Gasteiger charge is -2.41. The highest BCUT2D eigenvalue weighted by Gasteiger charge is 2.50. The van der Waals surface area contributed by atoms with Crippen LogP contribution in [0.4, 0.5) is 0 Å². The minimum Gasteiger partial charge on any atom is -0.474 e. The van der Waals surface area contributed by atoms with Crippen molar-refractivity contribution >= 4 is 35.2 Å². The summed E-state index contributed by atoms with van der Waals surface area (Å²) >= 11 is 3.53. The maximum absolute atomic E-state index is 13.0. The minimum absolute atomic E-state index is 0.0981. The van der Waals surface area contributed by atoms with Crippen LogP contribution in [0, 0.1) is 11.8 Å². The molecule has 1 amide bonds. The molecule has 0 aromatic rings. The number of nitrogens with zero attached hydrogens (tertiary/aromatic N) is 1. The number of morpholine rings is 1. The van der Waals surface area contributed by atoms with E-state index in [9.17, 15) is 9.59 Å². The van der Waals surface area contributed by atoms with Crippen LogP contribution < -0.4 is 38.1 Å². The number of hydrogen-bond donors (Lipinski definition) is 7. The van der Waals surface area contributed by atoms with Crippen molar-refractivity contribution < 1.29 is 24.8 Å². The molecule has 5 fully saturated rings. The minimum atomic E-state index is -0.364. The summed E-state index contributed by atoms with van der Waals surface area (Å²) in [5, 5.41) is 18.1. The van der Waals surface area contributed by atoms with E-state index in [-0.39, 0.29) is 58.1 Å². The van der Waals surface area contributed by atoms with Crippen LogP contribution in [0.2, 0.25) is 0 Å². The molecule has 12 nitrogen and oxygen atoms in total. The Morgan fingerprint density at radius 2 is 1.97 bits per heavy atom. The second kappa shape index (κ2) is 12.4. The van der Waals surface area contributed by atoms with Gasteiger partial charge in [-0.2, -0.15) is 0 Å². The number of ether oxygens (including phenoxy) is 2. The highest BCUT2D eigenvalue weighted by Crippen LogP contribution is 2.44. The Hall–Kier alpha value is -1.10. The van der Waals surface area contributed by atoms with Gasteiger partial charge in [-0.3, -0.25) is 30.9 Å². The monoisotopic (exact) mass is 583 g/mol. The summed E-state index contributed by atoms with van der Waals surface area (Å²) in [4.78, 5) is 27.4. The molecule has 0 aromatic heterocycles. The van der Waals surface area contributed by atoms with E-state index >= 15 is 0 Å². The zero-order valence-corrected chi connectivity index (χ0v) is 23.9. The highest BCUT2D eigenvalue weighted by atomic mass is 32.2. The van der Waals surface area contributed by atoms with E-state index in [0.29, 0.717) is 37.7 Å². The van der Waals surface area contributed by atoms with Gasteiger partial charge in [-0.15, -0.1) is 23.5 Å². The van der Waals surface area contributed by atoms with Crippen molar-refractivity contribution in [3.8, 4) is 0 Å². The Kier molecular flexibility index (Phi) is 8.92. The fourth-order valence-electron chi connectivity index (χ4n) is 6.55. The number of nitrogens with one attached hydrogen (secondary N) is 5. The lowest BCUT2D eigenvalue weighted by molar-refractivity contribution is -0.431. The second-order valence-corrected chi connectivity index (χ2v) is 13.9. The van der Waals surface area contributed by atoms with Crippen LogP contribution in [0.1, 0.15) is 25.7 Å². The molecule has 6 aliphatic rings. The van der Waals surface area contributed by atoms with Gasteiger partial charge in [0, 0.05) is 50.3 Å². The van der Waals surface area contributed by atoms with Crippen molar-refractivity contribution in [3.63, 3.8) is 0 Å². The number of allylic oxidation sites excluding steroid dienone is 1. The van der Waals surface area contributed by atoms with Gasteiger partial charge in [-0.25, -0.2) is 0 Å². The van der Waals surface area contributed by atoms with Crippen LogP contribution in [0.15, 0.2) is 12.0 Å². The van der Waals surface area contributed by atoms with E-state index < -0.39 is 0 Å². The topological polar surface area (TPSA) is 170 Å². The number of thioether (sulfide) groups is 2. The first-order chi connectivity index (χ1) is 19.0. The Morgan fingerprint density at radius 1 is 1.15 bits per heavy atom. The summed E-state index contributed by atoms with van der Waals surface area (Å²) in [5.74, 6) is 1.24. The largest absolute Gasteiger partial charge is 0.474 e. The summed E-state index contributed by atoms with van der Waals surface area (Å²) in [5.41, 5.74) is 10.1. The average Bonchev–Trinajstić information content (AvgIpc) is 3.58. The summed E-state index contributed by atoms with van der Waals surface area (Å²) in [6, 6.07) is 0.738. The molecule has 5 heterocycles. The van der Waals surface area contributed by atoms with Gasteiger partial charge in [-0.05, 0) is 12.8 Å². The summed E-state index contributed by atoms with van der Waals surface area (Å²) in [6.45, 7) is 4.06.